The molecule has 0 saturated heterocycles. The Balaban J connectivity index is 1.10. The second-order valence-electron chi connectivity index (χ2n) is 40.3. The van der Waals surface area contributed by atoms with Crippen LogP contribution in [0.2, 0.25) is 0 Å². The summed E-state index contributed by atoms with van der Waals surface area (Å²) in [4.78, 5) is 8.33. The van der Waals surface area contributed by atoms with Crippen molar-refractivity contribution in [3.8, 4) is 11.1 Å². The minimum atomic E-state index is -0.381. The molecule has 2 heterocycles. The SMILES string of the molecule is Cc1cc2c(cc1N1c3cc4c(cc3B3c5ccc6c(c5N(c5cc7c(cc5C)C(C)(C)CCC7(C)C)c5cc(N(c7ccc(C(C)(C)C)cc7)c7ccc(C(C)(C)C)cc7)cc1c53)C(C)(C)c1cc3c(cc1-6)C(C)(C)CCC3(C)C)C(C)(C)c1ccccc1C4(C)C)C(C)(C)CCC2(C)C. The van der Waals surface area contributed by atoms with E-state index in [-0.39, 0.29) is 66.3 Å². The molecule has 9 aromatic carbocycles. The monoisotopic (exact) mass is 1330 g/mol. The average molecular weight is 1330 g/mol. The van der Waals surface area contributed by atoms with Crippen molar-refractivity contribution < 1.29 is 0 Å². The lowest BCUT2D eigenvalue weighted by atomic mass is 9.32. The van der Waals surface area contributed by atoms with E-state index >= 15 is 0 Å². The van der Waals surface area contributed by atoms with Crippen molar-refractivity contribution in [1.82, 2.24) is 0 Å². The van der Waals surface area contributed by atoms with Crippen LogP contribution in [0.15, 0.2) is 146 Å². The lowest BCUT2D eigenvalue weighted by Crippen LogP contribution is -2.62. The van der Waals surface area contributed by atoms with Gasteiger partial charge in [-0.05, 0) is 273 Å². The summed E-state index contributed by atoms with van der Waals surface area (Å²) < 4.78 is 0. The summed E-state index contributed by atoms with van der Waals surface area (Å²) in [6.45, 7) is 64.1. The molecule has 2 aliphatic heterocycles. The zero-order valence-corrected chi connectivity index (χ0v) is 66.5. The van der Waals surface area contributed by atoms with Crippen LogP contribution in [-0.2, 0) is 59.6 Å². The van der Waals surface area contributed by atoms with Gasteiger partial charge in [-0.15, -0.1) is 0 Å². The van der Waals surface area contributed by atoms with Crippen LogP contribution in [0.25, 0.3) is 11.1 Å². The van der Waals surface area contributed by atoms with Crippen LogP contribution >= 0.6 is 0 Å². The maximum atomic E-state index is 2.89. The summed E-state index contributed by atoms with van der Waals surface area (Å²) in [7, 11) is 0. The van der Waals surface area contributed by atoms with Crippen LogP contribution in [-0.4, -0.2) is 6.71 Å². The first-order valence-corrected chi connectivity index (χ1v) is 38.7. The zero-order chi connectivity index (χ0) is 72.3. The molecule has 0 saturated carbocycles. The van der Waals surface area contributed by atoms with Gasteiger partial charge in [0.1, 0.15) is 0 Å². The fourth-order valence-corrected chi connectivity index (χ4v) is 20.6. The molecule has 9 aromatic rings. The first kappa shape index (κ1) is 67.9. The number of hydrogen-bond acceptors (Lipinski definition) is 3. The predicted molar refractivity (Wildman–Crippen MR) is 436 cm³/mol. The Morgan fingerprint density at radius 1 is 0.317 bits per heavy atom. The van der Waals surface area contributed by atoms with E-state index in [2.05, 4.69) is 340 Å². The fourth-order valence-electron chi connectivity index (χ4n) is 20.6. The van der Waals surface area contributed by atoms with Crippen molar-refractivity contribution in [2.45, 2.75) is 278 Å². The Morgan fingerprint density at radius 3 is 1.15 bits per heavy atom. The summed E-state index contributed by atoms with van der Waals surface area (Å²) >= 11 is 0. The zero-order valence-electron chi connectivity index (χ0n) is 66.5. The van der Waals surface area contributed by atoms with Gasteiger partial charge in [-0.25, -0.2) is 0 Å². The van der Waals surface area contributed by atoms with E-state index in [1.54, 1.807) is 0 Å². The molecule has 7 aliphatic rings. The Kier molecular flexibility index (Phi) is 14.3. The third-order valence-electron chi connectivity index (χ3n) is 27.6. The van der Waals surface area contributed by atoms with Gasteiger partial charge in [0.15, 0.2) is 0 Å². The molecular weight excluding hydrogens is 1220 g/mol. The van der Waals surface area contributed by atoms with Crippen molar-refractivity contribution in [3.05, 3.63) is 235 Å². The Morgan fingerprint density at radius 2 is 0.703 bits per heavy atom. The van der Waals surface area contributed by atoms with Gasteiger partial charge < -0.3 is 14.7 Å². The number of nitrogens with zero attached hydrogens (tertiary/aromatic N) is 3. The molecule has 520 valence electrons. The number of aryl methyl sites for hydroxylation is 2. The molecule has 16 rings (SSSR count). The first-order valence-electron chi connectivity index (χ1n) is 38.7. The van der Waals surface area contributed by atoms with Crippen LogP contribution in [0.1, 0.15) is 294 Å². The minimum Gasteiger partial charge on any atom is -0.311 e. The summed E-state index contributed by atoms with van der Waals surface area (Å²) in [5.41, 5.74) is 40.0. The highest BCUT2D eigenvalue weighted by molar-refractivity contribution is 7.00. The maximum absolute atomic E-state index is 2.89. The second kappa shape index (κ2) is 21.3. The van der Waals surface area contributed by atoms with Gasteiger partial charge in [0, 0.05) is 61.7 Å². The third kappa shape index (κ3) is 9.82. The van der Waals surface area contributed by atoms with E-state index < -0.39 is 0 Å². The highest BCUT2D eigenvalue weighted by Crippen LogP contribution is 2.62. The van der Waals surface area contributed by atoms with Gasteiger partial charge in [0.2, 0.25) is 0 Å². The van der Waals surface area contributed by atoms with Crippen LogP contribution in [0.3, 0.4) is 0 Å². The molecule has 0 bridgehead atoms. The highest BCUT2D eigenvalue weighted by atomic mass is 15.2. The molecule has 0 fully saturated rings. The normalized spacial score (nSPS) is 20.2. The minimum absolute atomic E-state index is 0.0258. The van der Waals surface area contributed by atoms with E-state index in [1.165, 1.54) is 163 Å². The van der Waals surface area contributed by atoms with Gasteiger partial charge in [-0.2, -0.15) is 0 Å². The molecule has 0 N–H and O–H groups in total. The molecule has 0 radical (unpaired) electrons. The van der Waals surface area contributed by atoms with Crippen molar-refractivity contribution in [1.29, 1.82) is 0 Å². The summed E-state index contributed by atoms with van der Waals surface area (Å²) in [5.74, 6) is 0. The molecule has 3 nitrogen and oxygen atoms in total. The van der Waals surface area contributed by atoms with Gasteiger partial charge in [-0.1, -0.05) is 251 Å². The van der Waals surface area contributed by atoms with E-state index in [1.807, 2.05) is 0 Å². The second-order valence-corrected chi connectivity index (χ2v) is 40.3. The van der Waals surface area contributed by atoms with E-state index in [0.717, 1.165) is 42.7 Å². The van der Waals surface area contributed by atoms with Gasteiger partial charge in [0.05, 0.1) is 5.69 Å². The summed E-state index contributed by atoms with van der Waals surface area (Å²) in [6, 6.07) is 60.7. The van der Waals surface area contributed by atoms with Gasteiger partial charge in [-0.3, -0.25) is 0 Å². The summed E-state index contributed by atoms with van der Waals surface area (Å²) in [6.07, 6.45) is 6.93. The van der Waals surface area contributed by atoms with Crippen LogP contribution in [0.5, 0.6) is 0 Å². The summed E-state index contributed by atoms with van der Waals surface area (Å²) in [5, 5.41) is 0. The Labute approximate surface area is 609 Å². The predicted octanol–water partition coefficient (Wildman–Crippen LogP) is 24.8. The average Bonchev–Trinajstić information content (AvgIpc) is 1.64. The van der Waals surface area contributed by atoms with Crippen LogP contribution in [0.4, 0.5) is 51.2 Å². The molecule has 5 aliphatic carbocycles. The number of fused-ring (bicyclic) bond motifs is 13. The van der Waals surface area contributed by atoms with Crippen molar-refractivity contribution in [2.24, 2.45) is 0 Å². The number of rotatable bonds is 5. The van der Waals surface area contributed by atoms with Gasteiger partial charge >= 0.3 is 0 Å². The third-order valence-corrected chi connectivity index (χ3v) is 27.6. The topological polar surface area (TPSA) is 9.72 Å². The number of anilines is 9. The fraction of sp³-hybridized carbons (Fsp3) is 0.443. The molecule has 0 aromatic heterocycles. The molecular formula is C97H114BN3. The van der Waals surface area contributed by atoms with Crippen molar-refractivity contribution in [2.75, 3.05) is 14.7 Å². The van der Waals surface area contributed by atoms with Gasteiger partial charge in [0.25, 0.3) is 6.71 Å². The quantitative estimate of drug-likeness (QED) is 0.159. The molecule has 0 unspecified atom stereocenters. The lowest BCUT2D eigenvalue weighted by molar-refractivity contribution is 0.331. The number of benzene rings is 9. The molecule has 0 atom stereocenters. The molecule has 4 heteroatoms. The first-order chi connectivity index (χ1) is 46.9. The molecule has 0 amide bonds. The van der Waals surface area contributed by atoms with Crippen molar-refractivity contribution in [3.63, 3.8) is 0 Å². The smallest absolute Gasteiger partial charge is 0.252 e. The Bertz CT molecular complexity index is 4960. The lowest BCUT2D eigenvalue weighted by Gasteiger charge is -2.50. The van der Waals surface area contributed by atoms with E-state index in [9.17, 15) is 0 Å². The van der Waals surface area contributed by atoms with Crippen LogP contribution < -0.4 is 31.1 Å². The Hall–Kier alpha value is -7.56. The number of hydrogen-bond donors (Lipinski definition) is 0. The highest BCUT2D eigenvalue weighted by Gasteiger charge is 2.53. The van der Waals surface area contributed by atoms with E-state index in [4.69, 9.17) is 0 Å². The largest absolute Gasteiger partial charge is 0.311 e. The molecule has 101 heavy (non-hydrogen) atoms. The standard InChI is InChI=1S/C97H114BN3/c1-57-47-69-73(93(17,18)45-41-89(69,9)10)54-79(57)100-81-56-76-75(95(21,22)66-29-27-28-30-67(66)96(76,23)24)53-78(81)98-77-40-39-64-65-51-71-72(92(15,16)44-43-91(71,13)14)52-68(65)97(25,26)84(64)86(77)101(80-55-74-70(48-58(80)2)90(11,12)42-46-94(74,19)20)83-50-63(49-82(100)85(83)98)99(61-35-31-59(32-36-61)87(3,4)5)62-37-33-60(34-38-62)88(6,7)8/h27-40,47-56H,41-46H2,1-26H3. The maximum Gasteiger partial charge on any atom is 0.252 e. The molecule has 0 spiro atoms. The van der Waals surface area contributed by atoms with Crippen LogP contribution in [0, 0.1) is 13.8 Å². The van der Waals surface area contributed by atoms with Crippen molar-refractivity contribution >= 4 is 74.3 Å². The van der Waals surface area contributed by atoms with E-state index in [0.29, 0.717) is 0 Å².